The van der Waals surface area contributed by atoms with E-state index in [1.165, 1.54) is 0 Å². The van der Waals surface area contributed by atoms with Crippen molar-refractivity contribution in [3.8, 4) is 11.4 Å². The third kappa shape index (κ3) is 5.16. The van der Waals surface area contributed by atoms with Crippen LogP contribution >= 0.6 is 34.8 Å². The van der Waals surface area contributed by atoms with Gasteiger partial charge in [0.2, 0.25) is 0 Å². The first-order valence-electron chi connectivity index (χ1n) is 11.7. The van der Waals surface area contributed by atoms with Crippen LogP contribution < -0.4 is 15.0 Å². The van der Waals surface area contributed by atoms with Crippen LogP contribution in [-0.4, -0.2) is 16.5 Å². The largest absolute Gasteiger partial charge is 0.489 e. The lowest BCUT2D eigenvalue weighted by molar-refractivity contribution is -0.113. The summed E-state index contributed by atoms with van der Waals surface area (Å²) in [5.41, 5.74) is 5.15. The van der Waals surface area contributed by atoms with E-state index in [9.17, 15) is 9.59 Å². The Balaban J connectivity index is 1.34. The molecule has 1 aromatic heterocycles. The van der Waals surface area contributed by atoms with Crippen LogP contribution in [0.1, 0.15) is 22.5 Å². The summed E-state index contributed by atoms with van der Waals surface area (Å²) in [5, 5.41) is 4.33. The highest BCUT2D eigenvalue weighted by Crippen LogP contribution is 2.28. The van der Waals surface area contributed by atoms with Gasteiger partial charge in [-0.3, -0.25) is 4.79 Å². The molecule has 1 aliphatic heterocycles. The minimum Gasteiger partial charge on any atom is -0.489 e. The summed E-state index contributed by atoms with van der Waals surface area (Å²) in [6, 6.07) is 21.0. The summed E-state index contributed by atoms with van der Waals surface area (Å²) in [4.78, 5) is 26.7. The number of amides is 3. The quantitative estimate of drug-likeness (QED) is 0.192. The number of benzene rings is 3. The molecule has 192 valence electrons. The molecule has 1 saturated heterocycles. The van der Waals surface area contributed by atoms with E-state index in [0.717, 1.165) is 33.1 Å². The average molecular weight is 567 g/mol. The summed E-state index contributed by atoms with van der Waals surface area (Å²) in [7, 11) is 0. The summed E-state index contributed by atoms with van der Waals surface area (Å²) >= 11 is 18.1. The van der Waals surface area contributed by atoms with Crippen molar-refractivity contribution < 1.29 is 14.3 Å². The van der Waals surface area contributed by atoms with Gasteiger partial charge in [0, 0.05) is 37.7 Å². The number of anilines is 1. The standard InChI is InChI=1S/C29H22Cl3N3O3/c1-17-13-20(14-27-28(36)35(29(37)33-27)24-7-5-21(30)6-8-24)18(2)34(17)23-9-11-25(12-10-23)38-16-19-3-4-22(31)15-26(19)32/h3-15H,16H2,1-2H3,(H,33,37)/b27-14+. The van der Waals surface area contributed by atoms with Crippen LogP contribution in [0, 0.1) is 13.8 Å². The molecule has 0 spiro atoms. The molecule has 3 amide bonds. The fourth-order valence-corrected chi connectivity index (χ4v) is 4.93. The van der Waals surface area contributed by atoms with Crippen molar-refractivity contribution in [3.63, 3.8) is 0 Å². The Bertz CT molecular complexity index is 1580. The van der Waals surface area contributed by atoms with Gasteiger partial charge in [0.25, 0.3) is 5.91 Å². The van der Waals surface area contributed by atoms with Gasteiger partial charge in [-0.25, -0.2) is 9.69 Å². The zero-order chi connectivity index (χ0) is 27.0. The molecule has 9 heteroatoms. The van der Waals surface area contributed by atoms with Gasteiger partial charge in [-0.1, -0.05) is 40.9 Å². The number of rotatable bonds is 6. The van der Waals surface area contributed by atoms with Crippen LogP contribution in [0.3, 0.4) is 0 Å². The minimum absolute atomic E-state index is 0.204. The molecule has 1 fully saturated rings. The van der Waals surface area contributed by atoms with Gasteiger partial charge in [-0.15, -0.1) is 0 Å². The van der Waals surface area contributed by atoms with E-state index in [2.05, 4.69) is 9.88 Å². The predicted octanol–water partition coefficient (Wildman–Crippen LogP) is 7.73. The van der Waals surface area contributed by atoms with Crippen molar-refractivity contribution >= 4 is 58.5 Å². The van der Waals surface area contributed by atoms with Crippen LogP contribution in [0.25, 0.3) is 11.8 Å². The summed E-state index contributed by atoms with van der Waals surface area (Å²) in [5.74, 6) is 0.274. The van der Waals surface area contributed by atoms with Crippen LogP contribution in [0.4, 0.5) is 10.5 Å². The molecule has 6 nitrogen and oxygen atoms in total. The second-order valence-corrected chi connectivity index (χ2v) is 10.1. The molecule has 0 saturated carbocycles. The SMILES string of the molecule is Cc1cc(/C=C2/NC(=O)N(c3ccc(Cl)cc3)C2=O)c(C)n1-c1ccc(OCc2ccc(Cl)cc2Cl)cc1. The van der Waals surface area contributed by atoms with Gasteiger partial charge in [-0.2, -0.15) is 0 Å². The van der Waals surface area contributed by atoms with Crippen molar-refractivity contribution in [1.29, 1.82) is 0 Å². The van der Waals surface area contributed by atoms with E-state index < -0.39 is 11.9 Å². The van der Waals surface area contributed by atoms with Crippen LogP contribution in [0.15, 0.2) is 78.5 Å². The number of aromatic nitrogens is 1. The maximum absolute atomic E-state index is 13.0. The highest BCUT2D eigenvalue weighted by atomic mass is 35.5. The Hall–Kier alpha value is -3.71. The highest BCUT2D eigenvalue weighted by molar-refractivity contribution is 6.35. The van der Waals surface area contributed by atoms with Crippen LogP contribution in [-0.2, 0) is 11.4 Å². The van der Waals surface area contributed by atoms with Crippen molar-refractivity contribution in [1.82, 2.24) is 9.88 Å². The molecule has 3 aromatic carbocycles. The molecule has 1 aliphatic rings. The number of nitrogens with one attached hydrogen (secondary N) is 1. The average Bonchev–Trinajstić information content (AvgIpc) is 3.32. The number of hydrogen-bond donors (Lipinski definition) is 1. The number of imide groups is 1. The third-order valence-electron chi connectivity index (χ3n) is 6.24. The number of halogens is 3. The number of carbonyl (C=O) groups excluding carboxylic acids is 2. The van der Waals surface area contributed by atoms with Crippen molar-refractivity contribution in [3.05, 3.63) is 116 Å². The first-order valence-corrected chi connectivity index (χ1v) is 12.8. The molecule has 4 aromatic rings. The number of nitrogens with zero attached hydrogens (tertiary/aromatic N) is 2. The predicted molar refractivity (Wildman–Crippen MR) is 151 cm³/mol. The van der Waals surface area contributed by atoms with E-state index in [-0.39, 0.29) is 5.70 Å². The van der Waals surface area contributed by atoms with Gasteiger partial charge in [-0.05, 0) is 92.2 Å². The topological polar surface area (TPSA) is 63.6 Å². The fourth-order valence-electron chi connectivity index (χ4n) is 4.34. The zero-order valence-corrected chi connectivity index (χ0v) is 22.7. The number of hydrogen-bond acceptors (Lipinski definition) is 3. The minimum atomic E-state index is -0.507. The van der Waals surface area contributed by atoms with Gasteiger partial charge in [0.15, 0.2) is 0 Å². The zero-order valence-electron chi connectivity index (χ0n) is 20.5. The second-order valence-electron chi connectivity index (χ2n) is 8.79. The lowest BCUT2D eigenvalue weighted by Gasteiger charge is -2.12. The summed E-state index contributed by atoms with van der Waals surface area (Å²) in [6.45, 7) is 4.27. The maximum atomic E-state index is 13.0. The molecule has 5 rings (SSSR count). The second kappa shape index (κ2) is 10.6. The van der Waals surface area contributed by atoms with Gasteiger partial charge in [0.05, 0.1) is 5.69 Å². The van der Waals surface area contributed by atoms with Crippen molar-refractivity contribution in [2.75, 3.05) is 4.90 Å². The normalized spacial score (nSPS) is 14.3. The first-order chi connectivity index (χ1) is 18.2. The van der Waals surface area contributed by atoms with E-state index in [4.69, 9.17) is 39.5 Å². The summed E-state index contributed by atoms with van der Waals surface area (Å²) < 4.78 is 7.97. The molecule has 2 heterocycles. The monoisotopic (exact) mass is 565 g/mol. The lowest BCUT2D eigenvalue weighted by atomic mass is 10.2. The molecule has 38 heavy (non-hydrogen) atoms. The van der Waals surface area contributed by atoms with Gasteiger partial charge in [0.1, 0.15) is 18.1 Å². The lowest BCUT2D eigenvalue weighted by Crippen LogP contribution is -2.30. The Morgan fingerprint density at radius 3 is 2.18 bits per heavy atom. The Morgan fingerprint density at radius 2 is 1.50 bits per heavy atom. The number of aryl methyl sites for hydroxylation is 1. The van der Waals surface area contributed by atoms with Crippen LogP contribution in [0.5, 0.6) is 5.75 Å². The Morgan fingerprint density at radius 1 is 0.842 bits per heavy atom. The van der Waals surface area contributed by atoms with Crippen molar-refractivity contribution in [2.45, 2.75) is 20.5 Å². The molecular formula is C29H22Cl3N3O3. The highest BCUT2D eigenvalue weighted by Gasteiger charge is 2.35. The number of ether oxygens (including phenoxy) is 1. The van der Waals surface area contributed by atoms with E-state index >= 15 is 0 Å². The molecule has 0 aliphatic carbocycles. The van der Waals surface area contributed by atoms with E-state index in [1.54, 1.807) is 42.5 Å². The first kappa shape index (κ1) is 25.9. The van der Waals surface area contributed by atoms with Gasteiger partial charge >= 0.3 is 6.03 Å². The van der Waals surface area contributed by atoms with Crippen molar-refractivity contribution in [2.24, 2.45) is 0 Å². The molecule has 1 N–H and O–H groups in total. The maximum Gasteiger partial charge on any atom is 0.333 e. The third-order valence-corrected chi connectivity index (χ3v) is 7.08. The molecule has 0 atom stereocenters. The van der Waals surface area contributed by atoms with Crippen LogP contribution in [0.2, 0.25) is 15.1 Å². The molecule has 0 unspecified atom stereocenters. The Kier molecular flexibility index (Phi) is 7.21. The number of carbonyl (C=O) groups is 2. The molecule has 0 bridgehead atoms. The summed E-state index contributed by atoms with van der Waals surface area (Å²) in [6.07, 6.45) is 1.70. The Labute approximate surface area is 235 Å². The smallest absolute Gasteiger partial charge is 0.333 e. The number of urea groups is 1. The van der Waals surface area contributed by atoms with E-state index in [1.807, 2.05) is 50.2 Å². The van der Waals surface area contributed by atoms with Gasteiger partial charge < -0.3 is 14.6 Å². The van der Waals surface area contributed by atoms with E-state index in [0.29, 0.717) is 33.1 Å². The molecular weight excluding hydrogens is 545 g/mol. The fraction of sp³-hybridized carbons (Fsp3) is 0.103. The molecule has 0 radical (unpaired) electrons.